The summed E-state index contributed by atoms with van der Waals surface area (Å²) in [7, 11) is 0. The molecule has 3 nitrogen and oxygen atoms in total. The maximum absolute atomic E-state index is 6.19. The maximum atomic E-state index is 6.19. The van der Waals surface area contributed by atoms with Crippen LogP contribution in [-0.2, 0) is 0 Å². The molecule has 0 radical (unpaired) electrons. The van der Waals surface area contributed by atoms with Crippen molar-refractivity contribution in [1.82, 2.24) is 9.97 Å². The number of hydrogen-bond acceptors (Lipinski definition) is 3. The number of hydrogen-bond donors (Lipinski definition) is 1. The molecule has 0 bridgehead atoms. The highest BCUT2D eigenvalue weighted by atomic mass is 35.5. The van der Waals surface area contributed by atoms with Crippen molar-refractivity contribution in [2.45, 2.75) is 0 Å². The minimum absolute atomic E-state index is 0.669. The highest BCUT2D eigenvalue weighted by Crippen LogP contribution is 2.32. The first-order valence-corrected chi connectivity index (χ1v) is 7.80. The van der Waals surface area contributed by atoms with Crippen LogP contribution in [0, 0.1) is 12.3 Å². The lowest BCUT2D eigenvalue weighted by atomic mass is 10.1. The van der Waals surface area contributed by atoms with Crippen molar-refractivity contribution in [1.29, 1.82) is 0 Å². The van der Waals surface area contributed by atoms with Crippen LogP contribution in [0.5, 0.6) is 0 Å². The Morgan fingerprint density at radius 1 is 0.958 bits per heavy atom. The van der Waals surface area contributed by atoms with E-state index in [2.05, 4.69) is 21.2 Å². The van der Waals surface area contributed by atoms with Gasteiger partial charge in [0, 0.05) is 33.2 Å². The van der Waals surface area contributed by atoms with Crippen molar-refractivity contribution in [2.75, 3.05) is 5.32 Å². The van der Waals surface area contributed by atoms with E-state index in [0.29, 0.717) is 10.7 Å². The minimum Gasteiger partial charge on any atom is -0.340 e. The van der Waals surface area contributed by atoms with Gasteiger partial charge in [0.25, 0.3) is 0 Å². The Morgan fingerprint density at radius 2 is 1.88 bits per heavy atom. The van der Waals surface area contributed by atoms with E-state index in [1.54, 1.807) is 6.20 Å². The molecule has 0 saturated heterocycles. The molecule has 0 saturated carbocycles. The number of terminal acetylenes is 1. The summed E-state index contributed by atoms with van der Waals surface area (Å²) in [6.07, 6.45) is 7.21. The number of benzene rings is 2. The predicted octanol–water partition coefficient (Wildman–Crippen LogP) is 5.16. The molecule has 2 aromatic heterocycles. The lowest BCUT2D eigenvalue weighted by Gasteiger charge is -2.11. The molecule has 114 valence electrons. The van der Waals surface area contributed by atoms with Gasteiger partial charge in [-0.25, -0.2) is 9.97 Å². The van der Waals surface area contributed by atoms with Crippen LogP contribution >= 0.6 is 11.6 Å². The molecule has 0 unspecified atom stereocenters. The summed E-state index contributed by atoms with van der Waals surface area (Å²) in [5, 5.41) is 6.98. The number of anilines is 2. The molecule has 4 heteroatoms. The first kappa shape index (κ1) is 14.5. The van der Waals surface area contributed by atoms with Gasteiger partial charge in [0.2, 0.25) is 0 Å². The molecule has 0 aliphatic carbocycles. The average Bonchev–Trinajstić information content (AvgIpc) is 2.62. The fourth-order valence-corrected chi connectivity index (χ4v) is 2.90. The van der Waals surface area contributed by atoms with Crippen molar-refractivity contribution in [3.63, 3.8) is 0 Å². The van der Waals surface area contributed by atoms with E-state index in [9.17, 15) is 0 Å². The summed E-state index contributed by atoms with van der Waals surface area (Å²) in [6.45, 7) is 0. The monoisotopic (exact) mass is 329 g/mol. The van der Waals surface area contributed by atoms with Crippen LogP contribution in [0.2, 0.25) is 5.02 Å². The van der Waals surface area contributed by atoms with E-state index < -0.39 is 0 Å². The van der Waals surface area contributed by atoms with Crippen LogP contribution in [0.25, 0.3) is 21.8 Å². The second-order valence-corrected chi connectivity index (χ2v) is 5.81. The number of rotatable bonds is 2. The third-order valence-electron chi connectivity index (χ3n) is 3.82. The zero-order chi connectivity index (χ0) is 16.5. The van der Waals surface area contributed by atoms with Gasteiger partial charge in [-0.1, -0.05) is 23.6 Å². The van der Waals surface area contributed by atoms with Crippen LogP contribution in [0.15, 0.2) is 60.8 Å². The SMILES string of the molecule is C#Cc1cccc(Nc2nc3ncccc3c3cc(Cl)ccc23)c1. The lowest BCUT2D eigenvalue weighted by molar-refractivity contribution is 1.29. The second-order valence-electron chi connectivity index (χ2n) is 5.38. The average molecular weight is 330 g/mol. The highest BCUT2D eigenvalue weighted by molar-refractivity contribution is 6.32. The van der Waals surface area contributed by atoms with Crippen molar-refractivity contribution in [3.8, 4) is 12.3 Å². The van der Waals surface area contributed by atoms with Crippen LogP contribution in [0.3, 0.4) is 0 Å². The molecule has 0 aliphatic heterocycles. The second kappa shape index (κ2) is 5.84. The molecule has 0 fully saturated rings. The number of fused-ring (bicyclic) bond motifs is 3. The quantitative estimate of drug-likeness (QED) is 0.407. The molecule has 0 spiro atoms. The van der Waals surface area contributed by atoms with Gasteiger partial charge in [0.1, 0.15) is 5.82 Å². The van der Waals surface area contributed by atoms with Gasteiger partial charge in [-0.15, -0.1) is 6.42 Å². The number of halogens is 1. The van der Waals surface area contributed by atoms with Crippen molar-refractivity contribution in [3.05, 3.63) is 71.4 Å². The molecule has 0 aliphatic rings. The summed E-state index contributed by atoms with van der Waals surface area (Å²) in [5.74, 6) is 3.36. The topological polar surface area (TPSA) is 37.8 Å². The smallest absolute Gasteiger partial charge is 0.162 e. The normalized spacial score (nSPS) is 10.7. The number of nitrogens with zero attached hydrogens (tertiary/aromatic N) is 2. The summed E-state index contributed by atoms with van der Waals surface area (Å²) in [4.78, 5) is 9.04. The summed E-state index contributed by atoms with van der Waals surface area (Å²) < 4.78 is 0. The molecule has 0 amide bonds. The van der Waals surface area contributed by atoms with Crippen LogP contribution in [-0.4, -0.2) is 9.97 Å². The molecule has 24 heavy (non-hydrogen) atoms. The van der Waals surface area contributed by atoms with Gasteiger partial charge in [-0.05, 0) is 53.9 Å². The van der Waals surface area contributed by atoms with Gasteiger partial charge in [0.05, 0.1) is 0 Å². The molecular weight excluding hydrogens is 318 g/mol. The minimum atomic E-state index is 0.669. The fraction of sp³-hybridized carbons (Fsp3) is 0. The molecule has 2 aromatic carbocycles. The zero-order valence-corrected chi connectivity index (χ0v) is 13.4. The Labute approximate surface area is 144 Å². The molecule has 0 atom stereocenters. The maximum Gasteiger partial charge on any atom is 0.162 e. The van der Waals surface area contributed by atoms with E-state index >= 15 is 0 Å². The Kier molecular flexibility index (Phi) is 3.53. The highest BCUT2D eigenvalue weighted by Gasteiger charge is 2.10. The molecular formula is C20H12ClN3. The van der Waals surface area contributed by atoms with Crippen molar-refractivity contribution < 1.29 is 0 Å². The third-order valence-corrected chi connectivity index (χ3v) is 4.06. The third kappa shape index (κ3) is 2.54. The standard InChI is InChI=1S/C20H12ClN3/c1-2-13-5-3-6-15(11-13)23-20-17-9-8-14(21)12-18(17)16-7-4-10-22-19(16)24-20/h1,3-12H,(H,22,23,24). The summed E-state index contributed by atoms with van der Waals surface area (Å²) in [5.41, 5.74) is 2.36. The number of nitrogens with one attached hydrogen (secondary N) is 1. The van der Waals surface area contributed by atoms with Crippen LogP contribution in [0.4, 0.5) is 11.5 Å². The van der Waals surface area contributed by atoms with E-state index in [1.165, 1.54) is 0 Å². The zero-order valence-electron chi connectivity index (χ0n) is 12.6. The Balaban J connectivity index is 1.95. The van der Waals surface area contributed by atoms with Gasteiger partial charge in [0.15, 0.2) is 5.65 Å². The lowest BCUT2D eigenvalue weighted by Crippen LogP contribution is -1.97. The molecule has 4 aromatic rings. The summed E-state index contributed by atoms with van der Waals surface area (Å²) in [6, 6.07) is 17.3. The van der Waals surface area contributed by atoms with E-state index in [4.69, 9.17) is 18.0 Å². The van der Waals surface area contributed by atoms with Gasteiger partial charge in [-0.3, -0.25) is 0 Å². The molecule has 1 N–H and O–H groups in total. The van der Waals surface area contributed by atoms with Gasteiger partial charge >= 0.3 is 0 Å². The molecule has 2 heterocycles. The first-order valence-electron chi connectivity index (χ1n) is 7.42. The first-order chi connectivity index (χ1) is 11.7. The largest absolute Gasteiger partial charge is 0.340 e. The van der Waals surface area contributed by atoms with Gasteiger partial charge in [-0.2, -0.15) is 0 Å². The van der Waals surface area contributed by atoms with Gasteiger partial charge < -0.3 is 5.32 Å². The van der Waals surface area contributed by atoms with Crippen LogP contribution in [0.1, 0.15) is 5.56 Å². The Morgan fingerprint density at radius 3 is 2.75 bits per heavy atom. The predicted molar refractivity (Wildman–Crippen MR) is 99.7 cm³/mol. The van der Waals surface area contributed by atoms with E-state index in [-0.39, 0.29) is 0 Å². The molecule has 4 rings (SSSR count). The number of aromatic nitrogens is 2. The van der Waals surface area contributed by atoms with E-state index in [0.717, 1.165) is 33.2 Å². The fourth-order valence-electron chi connectivity index (χ4n) is 2.73. The van der Waals surface area contributed by atoms with Crippen molar-refractivity contribution in [2.24, 2.45) is 0 Å². The Hall–Kier alpha value is -3.09. The number of pyridine rings is 2. The van der Waals surface area contributed by atoms with Crippen LogP contribution < -0.4 is 5.32 Å². The summed E-state index contributed by atoms with van der Waals surface area (Å²) >= 11 is 6.19. The van der Waals surface area contributed by atoms with E-state index in [1.807, 2.05) is 54.6 Å². The van der Waals surface area contributed by atoms with Crippen molar-refractivity contribution >= 4 is 44.9 Å². The Bertz CT molecular complexity index is 1110.